The number of hydrogen-bond acceptors (Lipinski definition) is 7. The highest BCUT2D eigenvalue weighted by Gasteiger charge is 2.35. The number of methoxy groups -OCH3 is 1. The number of furan rings is 1. The van der Waals surface area contributed by atoms with Gasteiger partial charge in [0.05, 0.1) is 24.6 Å². The first-order valence-electron chi connectivity index (χ1n) is 10.7. The molecule has 1 amide bonds. The minimum Gasteiger partial charge on any atom is -0.493 e. The first-order chi connectivity index (χ1) is 16.9. The molecule has 0 spiro atoms. The normalized spacial score (nSPS) is 15.2. The van der Waals surface area contributed by atoms with E-state index in [2.05, 4.69) is 9.84 Å². The molecule has 2 aromatic carbocycles. The molecule has 1 aliphatic rings. The fourth-order valence-corrected chi connectivity index (χ4v) is 3.63. The Balaban J connectivity index is 1.48. The van der Waals surface area contributed by atoms with E-state index >= 15 is 0 Å². The number of halogens is 2. The minimum atomic E-state index is -3.05. The summed E-state index contributed by atoms with van der Waals surface area (Å²) < 4.78 is 45.0. The van der Waals surface area contributed by atoms with Gasteiger partial charge in [-0.15, -0.1) is 0 Å². The van der Waals surface area contributed by atoms with E-state index in [0.717, 1.165) is 17.2 Å². The summed E-state index contributed by atoms with van der Waals surface area (Å²) in [5.74, 6) is -1.14. The number of hydrogen-bond donors (Lipinski definition) is 0. The summed E-state index contributed by atoms with van der Waals surface area (Å²) in [5, 5.41) is 5.74. The summed E-state index contributed by atoms with van der Waals surface area (Å²) >= 11 is 0. The Morgan fingerprint density at radius 3 is 2.57 bits per heavy atom. The smallest absolute Gasteiger partial charge is 0.387 e. The molecule has 0 unspecified atom stereocenters. The van der Waals surface area contributed by atoms with Crippen molar-refractivity contribution < 1.29 is 37.0 Å². The highest BCUT2D eigenvalue weighted by Crippen LogP contribution is 2.33. The van der Waals surface area contributed by atoms with Crippen LogP contribution < -0.4 is 9.47 Å². The van der Waals surface area contributed by atoms with Gasteiger partial charge in [-0.05, 0) is 42.8 Å². The summed E-state index contributed by atoms with van der Waals surface area (Å²) in [4.78, 5) is 25.5. The zero-order valence-corrected chi connectivity index (χ0v) is 18.9. The van der Waals surface area contributed by atoms with Crippen molar-refractivity contribution >= 4 is 17.6 Å². The third-order valence-electron chi connectivity index (χ3n) is 5.36. The van der Waals surface area contributed by atoms with Gasteiger partial charge in [-0.3, -0.25) is 4.79 Å². The average molecular weight is 484 g/mol. The Morgan fingerprint density at radius 1 is 1.14 bits per heavy atom. The van der Waals surface area contributed by atoms with E-state index in [9.17, 15) is 18.4 Å². The van der Waals surface area contributed by atoms with Crippen LogP contribution in [0, 0.1) is 6.92 Å². The Hall–Kier alpha value is -4.21. The van der Waals surface area contributed by atoms with Crippen LogP contribution in [0.25, 0.3) is 0 Å². The van der Waals surface area contributed by atoms with Crippen molar-refractivity contribution in [1.82, 2.24) is 5.01 Å². The SMILES string of the molecule is COc1cc(C(=O)OCC(=O)N2N=C(c3ccc(C)cc3)C[C@@H]2c2ccco2)ccc1OC(F)F. The average Bonchev–Trinajstić information content (AvgIpc) is 3.53. The zero-order valence-electron chi connectivity index (χ0n) is 18.9. The summed E-state index contributed by atoms with van der Waals surface area (Å²) in [6.07, 6.45) is 1.94. The molecule has 1 aromatic heterocycles. The number of nitrogens with zero attached hydrogens (tertiary/aromatic N) is 2. The van der Waals surface area contributed by atoms with Gasteiger partial charge in [0.15, 0.2) is 18.1 Å². The number of amides is 1. The van der Waals surface area contributed by atoms with E-state index in [4.69, 9.17) is 13.9 Å². The van der Waals surface area contributed by atoms with E-state index in [1.54, 1.807) is 12.1 Å². The van der Waals surface area contributed by atoms with Gasteiger partial charge in [-0.25, -0.2) is 9.80 Å². The molecule has 8 nitrogen and oxygen atoms in total. The summed E-state index contributed by atoms with van der Waals surface area (Å²) in [5.41, 5.74) is 2.67. The third kappa shape index (κ3) is 5.48. The molecule has 1 aliphatic heterocycles. The largest absolute Gasteiger partial charge is 0.493 e. The molecular formula is C25H22F2N2O6. The van der Waals surface area contributed by atoms with Crippen molar-refractivity contribution in [2.24, 2.45) is 5.10 Å². The van der Waals surface area contributed by atoms with Gasteiger partial charge in [0.2, 0.25) is 0 Å². The summed E-state index contributed by atoms with van der Waals surface area (Å²) in [7, 11) is 1.25. The lowest BCUT2D eigenvalue weighted by Gasteiger charge is -2.19. The first kappa shape index (κ1) is 23.9. The lowest BCUT2D eigenvalue weighted by atomic mass is 10.0. The zero-order chi connectivity index (χ0) is 24.9. The quantitative estimate of drug-likeness (QED) is 0.430. The van der Waals surface area contributed by atoms with Crippen molar-refractivity contribution in [3.63, 3.8) is 0 Å². The van der Waals surface area contributed by atoms with Crippen LogP contribution in [0.4, 0.5) is 8.78 Å². The lowest BCUT2D eigenvalue weighted by molar-refractivity contribution is -0.136. The Kier molecular flexibility index (Phi) is 7.09. The van der Waals surface area contributed by atoms with Crippen molar-refractivity contribution in [1.29, 1.82) is 0 Å². The standard InChI is InChI=1S/C25H22F2N2O6/c1-15-5-7-16(8-6-15)18-13-19(20-4-3-11-33-20)29(28-18)23(30)14-34-24(31)17-9-10-21(35-25(26)27)22(12-17)32-2/h3-12,19,25H,13-14H2,1-2H3/t19-/m1/s1. The molecule has 0 bridgehead atoms. The number of aryl methyl sites for hydroxylation is 1. The van der Waals surface area contributed by atoms with Crippen molar-refractivity contribution in [3.8, 4) is 11.5 Å². The Bertz CT molecular complexity index is 1230. The van der Waals surface area contributed by atoms with Crippen molar-refractivity contribution in [3.05, 3.63) is 83.3 Å². The predicted molar refractivity (Wildman–Crippen MR) is 121 cm³/mol. The van der Waals surface area contributed by atoms with Crippen LogP contribution in [-0.4, -0.2) is 42.9 Å². The highest BCUT2D eigenvalue weighted by molar-refractivity contribution is 6.03. The molecule has 0 saturated carbocycles. The second kappa shape index (κ2) is 10.4. The van der Waals surface area contributed by atoms with Crippen LogP contribution in [-0.2, 0) is 9.53 Å². The highest BCUT2D eigenvalue weighted by atomic mass is 19.3. The van der Waals surface area contributed by atoms with Crippen LogP contribution in [0.15, 0.2) is 70.4 Å². The number of carbonyl (C=O) groups excluding carboxylic acids is 2. The fourth-order valence-electron chi connectivity index (χ4n) is 3.63. The van der Waals surface area contributed by atoms with E-state index < -0.39 is 31.1 Å². The van der Waals surface area contributed by atoms with Gasteiger partial charge < -0.3 is 18.6 Å². The number of alkyl halides is 2. The van der Waals surface area contributed by atoms with Crippen LogP contribution in [0.2, 0.25) is 0 Å². The van der Waals surface area contributed by atoms with E-state index in [0.29, 0.717) is 17.9 Å². The molecule has 2 heterocycles. The lowest BCUT2D eigenvalue weighted by Crippen LogP contribution is -2.31. The molecule has 4 rings (SSSR count). The maximum absolute atomic E-state index is 13.0. The molecular weight excluding hydrogens is 462 g/mol. The van der Waals surface area contributed by atoms with Crippen LogP contribution in [0.1, 0.15) is 39.7 Å². The number of benzene rings is 2. The van der Waals surface area contributed by atoms with Gasteiger partial charge >= 0.3 is 12.6 Å². The molecule has 0 N–H and O–H groups in total. The Morgan fingerprint density at radius 2 is 1.91 bits per heavy atom. The molecule has 0 radical (unpaired) electrons. The Labute approximate surface area is 199 Å². The molecule has 1 atom stereocenters. The second-order valence-electron chi connectivity index (χ2n) is 7.71. The second-order valence-corrected chi connectivity index (χ2v) is 7.71. The van der Waals surface area contributed by atoms with Crippen molar-refractivity contribution in [2.45, 2.75) is 26.0 Å². The molecule has 182 valence electrons. The van der Waals surface area contributed by atoms with Crippen LogP contribution >= 0.6 is 0 Å². The molecule has 35 heavy (non-hydrogen) atoms. The van der Waals surface area contributed by atoms with Gasteiger partial charge in [-0.2, -0.15) is 13.9 Å². The fraction of sp³-hybridized carbons (Fsp3) is 0.240. The monoisotopic (exact) mass is 484 g/mol. The van der Waals surface area contributed by atoms with Gasteiger partial charge in [0.25, 0.3) is 5.91 Å². The van der Waals surface area contributed by atoms with Gasteiger partial charge in [0.1, 0.15) is 11.8 Å². The van der Waals surface area contributed by atoms with E-state index in [-0.39, 0.29) is 17.1 Å². The van der Waals surface area contributed by atoms with Crippen molar-refractivity contribution in [2.75, 3.05) is 13.7 Å². The minimum absolute atomic E-state index is 0.00381. The number of hydrazone groups is 1. The molecule has 0 aliphatic carbocycles. The maximum atomic E-state index is 13.0. The number of ether oxygens (including phenoxy) is 3. The van der Waals surface area contributed by atoms with Gasteiger partial charge in [0, 0.05) is 6.42 Å². The molecule has 0 fully saturated rings. The topological polar surface area (TPSA) is 90.6 Å². The summed E-state index contributed by atoms with van der Waals surface area (Å²) in [6.45, 7) is -1.66. The predicted octanol–water partition coefficient (Wildman–Crippen LogP) is 4.73. The number of esters is 1. The molecule has 0 saturated heterocycles. The number of rotatable bonds is 8. The maximum Gasteiger partial charge on any atom is 0.387 e. The van der Waals surface area contributed by atoms with E-state index in [1.807, 2.05) is 31.2 Å². The number of carbonyl (C=O) groups is 2. The first-order valence-corrected chi connectivity index (χ1v) is 10.7. The molecule has 3 aromatic rings. The van der Waals surface area contributed by atoms with Crippen LogP contribution in [0.3, 0.4) is 0 Å². The van der Waals surface area contributed by atoms with Gasteiger partial charge in [-0.1, -0.05) is 29.8 Å². The third-order valence-corrected chi connectivity index (χ3v) is 5.36. The molecule has 10 heteroatoms. The van der Waals surface area contributed by atoms with E-state index in [1.165, 1.54) is 30.5 Å². The summed E-state index contributed by atoms with van der Waals surface area (Å²) in [6, 6.07) is 14.3. The van der Waals surface area contributed by atoms with Crippen LogP contribution in [0.5, 0.6) is 11.5 Å².